The minimum Gasteiger partial charge on any atom is -0.478 e. The number of aromatic carboxylic acids is 2. The molecule has 1 rings (SSSR count). The molecule has 138 valence electrons. The molecule has 0 fully saturated rings. The number of esters is 1. The summed E-state index contributed by atoms with van der Waals surface area (Å²) in [6, 6.07) is 3.42. The van der Waals surface area contributed by atoms with Crippen molar-refractivity contribution in [3.05, 3.63) is 34.9 Å². The minimum absolute atomic E-state index is 0.0435. The molecule has 0 saturated carbocycles. The summed E-state index contributed by atoms with van der Waals surface area (Å²) in [6.07, 6.45) is 9.05. The molecule has 0 saturated heterocycles. The Kier molecular flexibility index (Phi) is 9.29. The molecule has 0 aromatic heterocycles. The number of rotatable bonds is 12. The van der Waals surface area contributed by atoms with Crippen LogP contribution in [0.15, 0.2) is 18.2 Å². The van der Waals surface area contributed by atoms with Gasteiger partial charge in [0, 0.05) is 0 Å². The van der Waals surface area contributed by atoms with E-state index in [4.69, 9.17) is 14.9 Å². The molecule has 0 spiro atoms. The van der Waals surface area contributed by atoms with E-state index >= 15 is 0 Å². The van der Waals surface area contributed by atoms with Crippen LogP contribution in [0.4, 0.5) is 0 Å². The predicted molar refractivity (Wildman–Crippen MR) is 93.3 cm³/mol. The number of ether oxygens (including phenoxy) is 1. The van der Waals surface area contributed by atoms with Gasteiger partial charge in [0.2, 0.25) is 0 Å². The van der Waals surface area contributed by atoms with Crippen LogP contribution >= 0.6 is 0 Å². The Hall–Kier alpha value is -2.37. The van der Waals surface area contributed by atoms with Gasteiger partial charge in [0.15, 0.2) is 0 Å². The summed E-state index contributed by atoms with van der Waals surface area (Å²) < 4.78 is 5.13. The zero-order valence-corrected chi connectivity index (χ0v) is 14.6. The van der Waals surface area contributed by atoms with Gasteiger partial charge in [-0.15, -0.1) is 0 Å². The SMILES string of the molecule is CCCCCCCCCCOC(=O)c1ccc(C(=O)O)c(C(=O)O)c1. The summed E-state index contributed by atoms with van der Waals surface area (Å²) in [5.74, 6) is -3.38. The number of unbranched alkanes of at least 4 members (excludes halogenated alkanes) is 7. The molecule has 0 heterocycles. The molecule has 0 aliphatic carbocycles. The molecule has 0 aliphatic heterocycles. The molecule has 0 amide bonds. The Morgan fingerprint density at radius 2 is 1.40 bits per heavy atom. The first-order valence-electron chi connectivity index (χ1n) is 8.75. The Bertz CT molecular complexity index is 594. The highest BCUT2D eigenvalue weighted by Gasteiger charge is 2.19. The number of hydrogen-bond donors (Lipinski definition) is 2. The van der Waals surface area contributed by atoms with Crippen molar-refractivity contribution in [2.45, 2.75) is 58.3 Å². The summed E-state index contributed by atoms with van der Waals surface area (Å²) in [5, 5.41) is 18.0. The molecular weight excluding hydrogens is 324 g/mol. The van der Waals surface area contributed by atoms with Gasteiger partial charge in [-0.25, -0.2) is 14.4 Å². The van der Waals surface area contributed by atoms with Crippen LogP contribution in [0.25, 0.3) is 0 Å². The van der Waals surface area contributed by atoms with Gasteiger partial charge in [0.1, 0.15) is 0 Å². The number of carboxylic acids is 2. The van der Waals surface area contributed by atoms with E-state index in [9.17, 15) is 14.4 Å². The molecule has 1 aromatic carbocycles. The molecule has 0 bridgehead atoms. The van der Waals surface area contributed by atoms with E-state index in [0.29, 0.717) is 0 Å². The van der Waals surface area contributed by atoms with Gasteiger partial charge < -0.3 is 14.9 Å². The predicted octanol–water partition coefficient (Wildman–Crippen LogP) is 4.38. The van der Waals surface area contributed by atoms with Gasteiger partial charge in [0.05, 0.1) is 23.3 Å². The number of carbonyl (C=O) groups is 3. The molecule has 0 radical (unpaired) electrons. The van der Waals surface area contributed by atoms with E-state index in [2.05, 4.69) is 6.92 Å². The summed E-state index contributed by atoms with van der Waals surface area (Å²) in [7, 11) is 0. The van der Waals surface area contributed by atoms with Crippen LogP contribution in [-0.2, 0) is 4.74 Å². The first kappa shape index (κ1) is 20.7. The average Bonchev–Trinajstić information content (AvgIpc) is 2.59. The Labute approximate surface area is 147 Å². The minimum atomic E-state index is -1.39. The first-order valence-corrected chi connectivity index (χ1v) is 8.75. The molecule has 0 aliphatic rings. The maximum absolute atomic E-state index is 11.9. The summed E-state index contributed by atoms with van der Waals surface area (Å²) >= 11 is 0. The van der Waals surface area contributed by atoms with Crippen LogP contribution in [0.1, 0.15) is 89.4 Å². The zero-order chi connectivity index (χ0) is 18.7. The third kappa shape index (κ3) is 7.37. The lowest BCUT2D eigenvalue weighted by Gasteiger charge is -2.07. The van der Waals surface area contributed by atoms with E-state index in [1.165, 1.54) is 38.2 Å². The van der Waals surface area contributed by atoms with Crippen molar-refractivity contribution in [3.63, 3.8) is 0 Å². The molecule has 6 heteroatoms. The fourth-order valence-corrected chi connectivity index (χ4v) is 2.52. The van der Waals surface area contributed by atoms with E-state index in [-0.39, 0.29) is 17.7 Å². The largest absolute Gasteiger partial charge is 0.478 e. The smallest absolute Gasteiger partial charge is 0.338 e. The highest BCUT2D eigenvalue weighted by molar-refractivity contribution is 6.03. The maximum Gasteiger partial charge on any atom is 0.338 e. The van der Waals surface area contributed by atoms with Crippen LogP contribution in [0, 0.1) is 0 Å². The standard InChI is InChI=1S/C19H26O6/c1-2-3-4-5-6-7-8-9-12-25-19(24)14-10-11-15(17(20)21)16(13-14)18(22)23/h10-11,13H,2-9,12H2,1H3,(H,20,21)(H,22,23). The summed E-state index contributed by atoms with van der Waals surface area (Å²) in [4.78, 5) is 34.0. The lowest BCUT2D eigenvalue weighted by molar-refractivity contribution is 0.0496. The third-order valence-electron chi connectivity index (χ3n) is 3.95. The average molecular weight is 350 g/mol. The van der Waals surface area contributed by atoms with Crippen LogP contribution < -0.4 is 0 Å². The second-order valence-electron chi connectivity index (χ2n) is 5.98. The zero-order valence-electron chi connectivity index (χ0n) is 14.6. The van der Waals surface area contributed by atoms with Crippen LogP contribution in [0.3, 0.4) is 0 Å². The van der Waals surface area contributed by atoms with Crippen LogP contribution in [0.5, 0.6) is 0 Å². The van der Waals surface area contributed by atoms with Crippen molar-refractivity contribution in [1.82, 2.24) is 0 Å². The number of carbonyl (C=O) groups excluding carboxylic acids is 1. The van der Waals surface area contributed by atoms with Gasteiger partial charge in [0.25, 0.3) is 0 Å². The second-order valence-corrected chi connectivity index (χ2v) is 5.98. The Balaban J connectivity index is 2.39. The molecule has 6 nitrogen and oxygen atoms in total. The molecular formula is C19H26O6. The van der Waals surface area contributed by atoms with E-state index < -0.39 is 23.5 Å². The quantitative estimate of drug-likeness (QED) is 0.428. The molecule has 0 unspecified atom stereocenters. The lowest BCUT2D eigenvalue weighted by atomic mass is 10.0. The fraction of sp³-hybridized carbons (Fsp3) is 0.526. The van der Waals surface area contributed by atoms with Crippen molar-refractivity contribution in [2.75, 3.05) is 6.61 Å². The normalized spacial score (nSPS) is 10.4. The second kappa shape index (κ2) is 11.2. The van der Waals surface area contributed by atoms with Gasteiger partial charge in [-0.2, -0.15) is 0 Å². The van der Waals surface area contributed by atoms with Gasteiger partial charge in [-0.1, -0.05) is 51.9 Å². The van der Waals surface area contributed by atoms with Crippen LogP contribution in [-0.4, -0.2) is 34.7 Å². The number of carboxylic acid groups (broad SMARTS) is 2. The van der Waals surface area contributed by atoms with Crippen molar-refractivity contribution < 1.29 is 29.3 Å². The monoisotopic (exact) mass is 350 g/mol. The van der Waals surface area contributed by atoms with Gasteiger partial charge in [-0.3, -0.25) is 0 Å². The molecule has 25 heavy (non-hydrogen) atoms. The van der Waals surface area contributed by atoms with Crippen LogP contribution in [0.2, 0.25) is 0 Å². The van der Waals surface area contributed by atoms with E-state index in [0.717, 1.165) is 31.4 Å². The fourth-order valence-electron chi connectivity index (χ4n) is 2.52. The topological polar surface area (TPSA) is 101 Å². The van der Waals surface area contributed by atoms with Gasteiger partial charge >= 0.3 is 17.9 Å². The van der Waals surface area contributed by atoms with E-state index in [1.807, 2.05) is 0 Å². The summed E-state index contributed by atoms with van der Waals surface area (Å²) in [6.45, 7) is 2.46. The van der Waals surface area contributed by atoms with E-state index in [1.54, 1.807) is 0 Å². The van der Waals surface area contributed by atoms with Crippen molar-refractivity contribution in [3.8, 4) is 0 Å². The maximum atomic E-state index is 11.9. The van der Waals surface area contributed by atoms with Crippen molar-refractivity contribution in [1.29, 1.82) is 0 Å². The Morgan fingerprint density at radius 3 is 1.96 bits per heavy atom. The lowest BCUT2D eigenvalue weighted by Crippen LogP contribution is -2.12. The Morgan fingerprint density at radius 1 is 0.840 bits per heavy atom. The van der Waals surface area contributed by atoms with Crippen molar-refractivity contribution >= 4 is 17.9 Å². The van der Waals surface area contributed by atoms with Gasteiger partial charge in [-0.05, 0) is 24.6 Å². The highest BCUT2D eigenvalue weighted by atomic mass is 16.5. The third-order valence-corrected chi connectivity index (χ3v) is 3.95. The molecule has 1 aromatic rings. The first-order chi connectivity index (χ1) is 12.0. The summed E-state index contributed by atoms with van der Waals surface area (Å²) in [5.41, 5.74) is -0.733. The number of benzene rings is 1. The van der Waals surface area contributed by atoms with Crippen molar-refractivity contribution in [2.24, 2.45) is 0 Å². The highest BCUT2D eigenvalue weighted by Crippen LogP contribution is 2.14. The molecule has 0 atom stereocenters. The molecule has 2 N–H and O–H groups in total. The number of hydrogen-bond acceptors (Lipinski definition) is 4.